The second kappa shape index (κ2) is 5.76. The molecule has 116 valence electrons. The van der Waals surface area contributed by atoms with Crippen LogP contribution >= 0.6 is 0 Å². The predicted molar refractivity (Wildman–Crippen MR) is 88.6 cm³/mol. The van der Waals surface area contributed by atoms with Gasteiger partial charge in [0.1, 0.15) is 12.1 Å². The first-order valence-corrected chi connectivity index (χ1v) is 7.70. The highest BCUT2D eigenvalue weighted by Gasteiger charge is 2.29. The Bertz CT molecular complexity index is 782. The van der Waals surface area contributed by atoms with Crippen molar-refractivity contribution in [3.8, 4) is 5.75 Å². The molecule has 0 spiro atoms. The molecule has 5 nitrogen and oxygen atoms in total. The molecule has 2 aromatic carbocycles. The molecule has 1 aliphatic rings. The summed E-state index contributed by atoms with van der Waals surface area (Å²) in [5.41, 5.74) is 2.47. The van der Waals surface area contributed by atoms with Gasteiger partial charge in [-0.05, 0) is 29.7 Å². The number of rotatable bonds is 3. The van der Waals surface area contributed by atoms with E-state index >= 15 is 0 Å². The fourth-order valence-electron chi connectivity index (χ4n) is 3.13. The zero-order valence-electron chi connectivity index (χ0n) is 12.9. The molecule has 5 heteroatoms. The average molecular weight is 306 g/mol. The second-order valence-electron chi connectivity index (χ2n) is 5.66. The first-order chi connectivity index (χ1) is 11.3. The second-order valence-corrected chi connectivity index (χ2v) is 5.66. The summed E-state index contributed by atoms with van der Waals surface area (Å²) in [5, 5.41) is 7.87. The number of nitrogens with one attached hydrogen (secondary N) is 1. The van der Waals surface area contributed by atoms with Gasteiger partial charge in [-0.1, -0.05) is 42.5 Å². The van der Waals surface area contributed by atoms with Crippen LogP contribution in [0.3, 0.4) is 0 Å². The van der Waals surface area contributed by atoms with Crippen LogP contribution in [-0.2, 0) is 0 Å². The number of anilines is 1. The van der Waals surface area contributed by atoms with Crippen LogP contribution in [0.4, 0.5) is 5.95 Å². The van der Waals surface area contributed by atoms with E-state index in [4.69, 9.17) is 4.74 Å². The molecule has 0 amide bonds. The molecule has 0 saturated carbocycles. The highest BCUT2D eigenvalue weighted by molar-refractivity contribution is 5.39. The van der Waals surface area contributed by atoms with Gasteiger partial charge in [0.05, 0.1) is 19.2 Å². The molecule has 0 radical (unpaired) electrons. The van der Waals surface area contributed by atoms with Gasteiger partial charge in [0.2, 0.25) is 5.95 Å². The molecule has 0 aliphatic carbocycles. The number of nitrogens with zero attached hydrogens (tertiary/aromatic N) is 3. The Labute approximate surface area is 134 Å². The lowest BCUT2D eigenvalue weighted by Gasteiger charge is -2.31. The highest BCUT2D eigenvalue weighted by atomic mass is 16.5. The number of benzene rings is 2. The number of fused-ring (bicyclic) bond motifs is 1. The molecule has 1 aliphatic heterocycles. The normalized spacial score (nSPS) is 19.7. The van der Waals surface area contributed by atoms with Crippen molar-refractivity contribution in [2.24, 2.45) is 0 Å². The van der Waals surface area contributed by atoms with Crippen LogP contribution in [0.2, 0.25) is 0 Å². The smallest absolute Gasteiger partial charge is 0.222 e. The SMILES string of the molecule is COc1ccc([C@H]2C[C@H](c3ccccc3)n3ncnc3N2)cc1. The summed E-state index contributed by atoms with van der Waals surface area (Å²) in [7, 11) is 1.68. The van der Waals surface area contributed by atoms with E-state index in [0.717, 1.165) is 18.1 Å². The molecule has 2 atom stereocenters. The fraction of sp³-hybridized carbons (Fsp3) is 0.222. The molecular weight excluding hydrogens is 288 g/mol. The minimum Gasteiger partial charge on any atom is -0.497 e. The summed E-state index contributed by atoms with van der Waals surface area (Å²) < 4.78 is 7.21. The van der Waals surface area contributed by atoms with E-state index in [2.05, 4.69) is 51.8 Å². The van der Waals surface area contributed by atoms with E-state index in [1.807, 2.05) is 22.9 Å². The van der Waals surface area contributed by atoms with Crippen molar-refractivity contribution in [3.63, 3.8) is 0 Å². The molecule has 3 aromatic rings. The lowest BCUT2D eigenvalue weighted by Crippen LogP contribution is -2.28. The van der Waals surface area contributed by atoms with Gasteiger partial charge in [0.15, 0.2) is 0 Å². The van der Waals surface area contributed by atoms with Crippen molar-refractivity contribution in [1.82, 2.24) is 14.8 Å². The highest BCUT2D eigenvalue weighted by Crippen LogP contribution is 2.37. The maximum absolute atomic E-state index is 5.24. The molecule has 1 aromatic heterocycles. The van der Waals surface area contributed by atoms with Gasteiger partial charge in [0, 0.05) is 0 Å². The predicted octanol–water partition coefficient (Wildman–Crippen LogP) is 3.43. The standard InChI is InChI=1S/C18H18N4O/c1-23-15-9-7-13(8-10-15)16-11-17(14-5-3-2-4-6-14)22-18(21-16)19-12-20-22/h2-10,12,16-17H,11H2,1H3,(H,19,20,21)/t16-,17-/m1/s1. The van der Waals surface area contributed by atoms with Crippen molar-refractivity contribution < 1.29 is 4.74 Å². The largest absolute Gasteiger partial charge is 0.497 e. The third-order valence-corrected chi connectivity index (χ3v) is 4.33. The minimum atomic E-state index is 0.182. The molecule has 23 heavy (non-hydrogen) atoms. The Kier molecular flexibility index (Phi) is 3.46. The Morgan fingerprint density at radius 1 is 1.04 bits per heavy atom. The lowest BCUT2D eigenvalue weighted by molar-refractivity contribution is 0.413. The van der Waals surface area contributed by atoms with E-state index in [1.54, 1.807) is 13.4 Å². The van der Waals surface area contributed by atoms with Crippen LogP contribution in [0.15, 0.2) is 60.9 Å². The number of ether oxygens (including phenoxy) is 1. The number of hydrogen-bond acceptors (Lipinski definition) is 4. The third kappa shape index (κ3) is 2.54. The zero-order valence-corrected chi connectivity index (χ0v) is 12.9. The Balaban J connectivity index is 1.69. The zero-order chi connectivity index (χ0) is 15.6. The van der Waals surface area contributed by atoms with E-state index in [1.165, 1.54) is 11.1 Å². The Morgan fingerprint density at radius 3 is 2.57 bits per heavy atom. The van der Waals surface area contributed by atoms with Crippen LogP contribution in [0, 0.1) is 0 Å². The molecule has 1 N–H and O–H groups in total. The first kappa shape index (κ1) is 13.8. The van der Waals surface area contributed by atoms with Gasteiger partial charge < -0.3 is 10.1 Å². The van der Waals surface area contributed by atoms with Crippen LogP contribution in [0.1, 0.15) is 29.6 Å². The summed E-state index contributed by atoms with van der Waals surface area (Å²) in [6, 6.07) is 19.0. The molecule has 0 bridgehead atoms. The number of aromatic nitrogens is 3. The maximum Gasteiger partial charge on any atom is 0.222 e. The topological polar surface area (TPSA) is 52.0 Å². The Hall–Kier alpha value is -2.82. The lowest BCUT2D eigenvalue weighted by atomic mass is 9.93. The molecule has 0 fully saturated rings. The van der Waals surface area contributed by atoms with E-state index in [9.17, 15) is 0 Å². The molecule has 0 unspecified atom stereocenters. The molecular formula is C18H18N4O. The van der Waals surface area contributed by atoms with Crippen LogP contribution in [-0.4, -0.2) is 21.9 Å². The van der Waals surface area contributed by atoms with Gasteiger partial charge in [-0.25, -0.2) is 4.68 Å². The summed E-state index contributed by atoms with van der Waals surface area (Å²) in [6.07, 6.45) is 2.53. The maximum atomic E-state index is 5.24. The van der Waals surface area contributed by atoms with Crippen molar-refractivity contribution in [2.75, 3.05) is 12.4 Å². The van der Waals surface area contributed by atoms with Crippen molar-refractivity contribution in [1.29, 1.82) is 0 Å². The summed E-state index contributed by atoms with van der Waals surface area (Å²) >= 11 is 0. The first-order valence-electron chi connectivity index (χ1n) is 7.70. The summed E-state index contributed by atoms with van der Waals surface area (Å²) in [5.74, 6) is 1.68. The number of methoxy groups -OCH3 is 1. The quantitative estimate of drug-likeness (QED) is 0.805. The van der Waals surface area contributed by atoms with Gasteiger partial charge in [0.25, 0.3) is 0 Å². The van der Waals surface area contributed by atoms with Gasteiger partial charge in [-0.2, -0.15) is 10.1 Å². The fourth-order valence-corrected chi connectivity index (χ4v) is 3.13. The third-order valence-electron chi connectivity index (χ3n) is 4.33. The monoisotopic (exact) mass is 306 g/mol. The van der Waals surface area contributed by atoms with E-state index in [0.29, 0.717) is 0 Å². The average Bonchev–Trinajstić information content (AvgIpc) is 3.10. The van der Waals surface area contributed by atoms with Crippen molar-refractivity contribution in [3.05, 3.63) is 72.1 Å². The number of hydrogen-bond donors (Lipinski definition) is 1. The van der Waals surface area contributed by atoms with Gasteiger partial charge in [-0.15, -0.1) is 0 Å². The molecule has 2 heterocycles. The summed E-state index contributed by atoms with van der Waals surface area (Å²) in [4.78, 5) is 4.36. The van der Waals surface area contributed by atoms with Crippen molar-refractivity contribution in [2.45, 2.75) is 18.5 Å². The Morgan fingerprint density at radius 2 is 1.83 bits per heavy atom. The van der Waals surface area contributed by atoms with Crippen LogP contribution < -0.4 is 10.1 Å². The molecule has 0 saturated heterocycles. The summed E-state index contributed by atoms with van der Waals surface area (Å²) in [6.45, 7) is 0. The van der Waals surface area contributed by atoms with E-state index in [-0.39, 0.29) is 12.1 Å². The van der Waals surface area contributed by atoms with Crippen molar-refractivity contribution >= 4 is 5.95 Å². The van der Waals surface area contributed by atoms with E-state index < -0.39 is 0 Å². The van der Waals surface area contributed by atoms with Gasteiger partial charge >= 0.3 is 0 Å². The minimum absolute atomic E-state index is 0.182. The van der Waals surface area contributed by atoms with Crippen LogP contribution in [0.25, 0.3) is 0 Å². The molecule has 4 rings (SSSR count). The van der Waals surface area contributed by atoms with Crippen LogP contribution in [0.5, 0.6) is 5.75 Å². The van der Waals surface area contributed by atoms with Gasteiger partial charge in [-0.3, -0.25) is 0 Å².